The van der Waals surface area contributed by atoms with Crippen LogP contribution in [0, 0.1) is 10.8 Å². The van der Waals surface area contributed by atoms with Crippen molar-refractivity contribution in [1.29, 1.82) is 0 Å². The van der Waals surface area contributed by atoms with E-state index >= 15 is 0 Å². The molecule has 0 spiro atoms. The molecule has 1 aromatic rings. The molecule has 2 fully saturated rings. The molecule has 2 N–H and O–H groups in total. The minimum absolute atomic E-state index is 0.188. The van der Waals surface area contributed by atoms with Crippen LogP contribution in [-0.2, 0) is 4.43 Å². The molecule has 28 heavy (non-hydrogen) atoms. The summed E-state index contributed by atoms with van der Waals surface area (Å²) in [6, 6.07) is 10.8. The Kier molecular flexibility index (Phi) is 5.91. The van der Waals surface area contributed by atoms with Crippen molar-refractivity contribution in [2.45, 2.75) is 90.8 Å². The number of nitrogens with two attached hydrogens (primary N) is 1. The molecule has 0 aliphatic heterocycles. The molecular formula is C25H41NOSi. The lowest BCUT2D eigenvalue weighted by molar-refractivity contribution is -0.0167. The van der Waals surface area contributed by atoms with Crippen LogP contribution in [0.3, 0.4) is 0 Å². The Morgan fingerprint density at radius 1 is 1.07 bits per heavy atom. The molecule has 0 radical (unpaired) electrons. The monoisotopic (exact) mass is 399 g/mol. The third-order valence-corrected chi connectivity index (χ3v) is 12.7. The van der Waals surface area contributed by atoms with E-state index in [0.717, 1.165) is 19.4 Å². The van der Waals surface area contributed by atoms with Crippen LogP contribution >= 0.6 is 0 Å². The first-order valence-electron chi connectivity index (χ1n) is 11.2. The van der Waals surface area contributed by atoms with E-state index in [1.807, 2.05) is 0 Å². The lowest BCUT2D eigenvalue weighted by atomic mass is 9.50. The highest BCUT2D eigenvalue weighted by Gasteiger charge is 2.51. The Labute approximate surface area is 174 Å². The van der Waals surface area contributed by atoms with Gasteiger partial charge in [-0.2, -0.15) is 0 Å². The number of rotatable bonds is 4. The average Bonchev–Trinajstić information content (AvgIpc) is 2.65. The number of fused-ring (bicyclic) bond motifs is 1. The summed E-state index contributed by atoms with van der Waals surface area (Å²) >= 11 is 0. The van der Waals surface area contributed by atoms with Gasteiger partial charge in [-0.25, -0.2) is 0 Å². The summed E-state index contributed by atoms with van der Waals surface area (Å²) in [4.78, 5) is 0. The van der Waals surface area contributed by atoms with E-state index in [1.54, 1.807) is 0 Å². The molecule has 0 unspecified atom stereocenters. The fourth-order valence-electron chi connectivity index (χ4n) is 5.11. The molecule has 2 atom stereocenters. The van der Waals surface area contributed by atoms with E-state index in [1.165, 1.54) is 49.0 Å². The maximum Gasteiger partial charge on any atom is 0.250 e. The van der Waals surface area contributed by atoms with Crippen molar-refractivity contribution in [1.82, 2.24) is 0 Å². The maximum absolute atomic E-state index is 7.01. The Balaban J connectivity index is 2.06. The van der Waals surface area contributed by atoms with Crippen LogP contribution < -0.4 is 5.73 Å². The molecule has 0 saturated heterocycles. The lowest BCUT2D eigenvalue weighted by Crippen LogP contribution is -2.50. The van der Waals surface area contributed by atoms with E-state index in [4.69, 9.17) is 10.2 Å². The first-order chi connectivity index (χ1) is 13.0. The molecule has 0 amide bonds. The van der Waals surface area contributed by atoms with Crippen LogP contribution in [-0.4, -0.2) is 14.9 Å². The summed E-state index contributed by atoms with van der Waals surface area (Å²) in [6.07, 6.45) is 8.80. The van der Waals surface area contributed by atoms with Crippen molar-refractivity contribution in [3.63, 3.8) is 0 Å². The lowest BCUT2D eigenvalue weighted by Gasteiger charge is -2.56. The molecule has 0 bridgehead atoms. The van der Waals surface area contributed by atoms with E-state index in [2.05, 4.69) is 71.1 Å². The summed E-state index contributed by atoms with van der Waals surface area (Å²) in [5.74, 6) is 1.17. The zero-order valence-electron chi connectivity index (χ0n) is 19.0. The predicted octanol–water partition coefficient (Wildman–Crippen LogP) is 7.13. The summed E-state index contributed by atoms with van der Waals surface area (Å²) in [5.41, 5.74) is 9.87. The van der Waals surface area contributed by atoms with Crippen molar-refractivity contribution in [3.05, 3.63) is 41.5 Å². The first kappa shape index (κ1) is 21.6. The minimum Gasteiger partial charge on any atom is -0.543 e. The second-order valence-corrected chi connectivity index (χ2v) is 15.8. The second kappa shape index (κ2) is 7.64. The molecule has 2 aliphatic rings. The number of hydrogen-bond acceptors (Lipinski definition) is 2. The van der Waals surface area contributed by atoms with Crippen LogP contribution in [0.25, 0.3) is 5.76 Å². The highest BCUT2D eigenvalue weighted by Crippen LogP contribution is 2.60. The van der Waals surface area contributed by atoms with Crippen LogP contribution in [0.5, 0.6) is 0 Å². The smallest absolute Gasteiger partial charge is 0.250 e. The van der Waals surface area contributed by atoms with Gasteiger partial charge >= 0.3 is 0 Å². The minimum atomic E-state index is -1.92. The Morgan fingerprint density at radius 3 is 2.32 bits per heavy atom. The fourth-order valence-corrected chi connectivity index (χ4v) is 6.19. The Hall–Kier alpha value is -1.06. The van der Waals surface area contributed by atoms with Crippen LogP contribution in [0.4, 0.5) is 0 Å². The SMILES string of the molecule is CC(C)(C)[Si](C)(C)O/C(=C1/CC[C@@]2(C)CCCC[C@]2(CN)C1)c1ccccc1. The molecule has 3 rings (SSSR count). The normalized spacial score (nSPS) is 30.5. The van der Waals surface area contributed by atoms with Gasteiger partial charge in [0.25, 0.3) is 8.32 Å². The van der Waals surface area contributed by atoms with Gasteiger partial charge in [0.1, 0.15) is 5.76 Å². The number of allylic oxidation sites excluding steroid dienone is 1. The van der Waals surface area contributed by atoms with Crippen molar-refractivity contribution in [2.75, 3.05) is 6.54 Å². The third kappa shape index (κ3) is 3.85. The van der Waals surface area contributed by atoms with Crippen molar-refractivity contribution >= 4 is 14.1 Å². The second-order valence-electron chi connectivity index (χ2n) is 11.1. The van der Waals surface area contributed by atoms with Gasteiger partial charge in [0.2, 0.25) is 0 Å². The molecule has 2 aliphatic carbocycles. The number of benzene rings is 1. The van der Waals surface area contributed by atoms with E-state index in [9.17, 15) is 0 Å². The summed E-state index contributed by atoms with van der Waals surface area (Å²) in [7, 11) is -1.92. The summed E-state index contributed by atoms with van der Waals surface area (Å²) in [6.45, 7) is 15.0. The first-order valence-corrected chi connectivity index (χ1v) is 14.1. The van der Waals surface area contributed by atoms with E-state index < -0.39 is 8.32 Å². The predicted molar refractivity (Wildman–Crippen MR) is 124 cm³/mol. The molecule has 156 valence electrons. The highest BCUT2D eigenvalue weighted by molar-refractivity contribution is 6.74. The average molecular weight is 400 g/mol. The summed E-state index contributed by atoms with van der Waals surface area (Å²) < 4.78 is 7.01. The quantitative estimate of drug-likeness (QED) is 0.432. The van der Waals surface area contributed by atoms with Crippen LogP contribution in [0.15, 0.2) is 35.9 Å². The molecule has 0 aromatic heterocycles. The summed E-state index contributed by atoms with van der Waals surface area (Å²) in [5, 5.41) is 0.188. The zero-order valence-corrected chi connectivity index (χ0v) is 20.0. The van der Waals surface area contributed by atoms with Crippen molar-refractivity contribution in [2.24, 2.45) is 16.6 Å². The topological polar surface area (TPSA) is 35.2 Å². The maximum atomic E-state index is 7.01. The van der Waals surface area contributed by atoms with Gasteiger partial charge in [0.15, 0.2) is 0 Å². The Bertz CT molecular complexity index is 718. The fraction of sp³-hybridized carbons (Fsp3) is 0.680. The molecular weight excluding hydrogens is 358 g/mol. The molecule has 3 heteroatoms. The van der Waals surface area contributed by atoms with Gasteiger partial charge in [0, 0.05) is 5.56 Å². The van der Waals surface area contributed by atoms with Crippen LogP contribution in [0.2, 0.25) is 18.1 Å². The molecule has 1 aromatic carbocycles. The van der Waals surface area contributed by atoms with E-state index in [-0.39, 0.29) is 10.5 Å². The van der Waals surface area contributed by atoms with E-state index in [0.29, 0.717) is 5.41 Å². The Morgan fingerprint density at radius 2 is 1.71 bits per heavy atom. The molecule has 0 heterocycles. The van der Waals surface area contributed by atoms with Gasteiger partial charge in [-0.15, -0.1) is 0 Å². The third-order valence-electron chi connectivity index (χ3n) is 8.36. The zero-order chi connectivity index (χ0) is 20.6. The largest absolute Gasteiger partial charge is 0.543 e. The van der Waals surface area contributed by atoms with Gasteiger partial charge in [-0.05, 0) is 73.2 Å². The van der Waals surface area contributed by atoms with Gasteiger partial charge < -0.3 is 10.2 Å². The van der Waals surface area contributed by atoms with Crippen molar-refractivity contribution < 1.29 is 4.43 Å². The standard InChI is InChI=1S/C25H41NOSi/c1-23(2,3)28(5,6)27-22(20-12-8-7-9-13-20)21-14-17-24(4)15-10-11-16-25(24,18-21)19-26/h7-9,12-13H,10-11,14-19,26H2,1-6H3/b22-21-/t24-,25-/m1/s1. The van der Waals surface area contributed by atoms with Gasteiger partial charge in [0.05, 0.1) is 0 Å². The number of hydrogen-bond donors (Lipinski definition) is 1. The highest BCUT2D eigenvalue weighted by atomic mass is 28.4. The van der Waals surface area contributed by atoms with Crippen molar-refractivity contribution in [3.8, 4) is 0 Å². The molecule has 2 nitrogen and oxygen atoms in total. The van der Waals surface area contributed by atoms with Gasteiger partial charge in [-0.1, -0.05) is 70.9 Å². The van der Waals surface area contributed by atoms with Gasteiger partial charge in [-0.3, -0.25) is 0 Å². The molecule has 2 saturated carbocycles. The van der Waals surface area contributed by atoms with Crippen LogP contribution in [0.1, 0.15) is 78.2 Å².